The van der Waals surface area contributed by atoms with E-state index in [0.717, 1.165) is 46.5 Å². The van der Waals surface area contributed by atoms with Crippen LogP contribution in [0.5, 0.6) is 6.01 Å². The lowest BCUT2D eigenvalue weighted by Gasteiger charge is -2.33. The summed E-state index contributed by atoms with van der Waals surface area (Å²) in [7, 11) is 3.52. The molecule has 6 nitrogen and oxygen atoms in total. The average Bonchev–Trinajstić information content (AvgIpc) is 2.74. The Balaban J connectivity index is 1.77. The van der Waals surface area contributed by atoms with E-state index in [9.17, 15) is 4.39 Å². The van der Waals surface area contributed by atoms with Crippen LogP contribution in [0.2, 0.25) is 5.02 Å². The number of anilines is 2. The molecule has 3 aromatic rings. The second kappa shape index (κ2) is 8.00. The molecule has 1 aliphatic heterocycles. The molecule has 0 spiro atoms. The quantitative estimate of drug-likeness (QED) is 0.689. The van der Waals surface area contributed by atoms with E-state index >= 15 is 0 Å². The highest BCUT2D eigenvalue weighted by Crippen LogP contribution is 2.37. The van der Waals surface area contributed by atoms with E-state index in [1.54, 1.807) is 13.2 Å². The van der Waals surface area contributed by atoms with Crippen LogP contribution < -0.4 is 20.3 Å². The molecular weight excluding hydrogens is 393 g/mol. The number of benzene rings is 2. The van der Waals surface area contributed by atoms with Crippen molar-refractivity contribution in [1.29, 1.82) is 0 Å². The van der Waals surface area contributed by atoms with Crippen molar-refractivity contribution in [3.63, 3.8) is 0 Å². The van der Waals surface area contributed by atoms with Gasteiger partial charge in [-0.1, -0.05) is 29.8 Å². The van der Waals surface area contributed by atoms with Gasteiger partial charge < -0.3 is 20.3 Å². The molecule has 1 aromatic heterocycles. The van der Waals surface area contributed by atoms with Crippen LogP contribution in [0.25, 0.3) is 10.8 Å². The Labute approximate surface area is 174 Å². The molecule has 2 heterocycles. The molecule has 2 N–H and O–H groups in total. The molecule has 1 aliphatic rings. The van der Waals surface area contributed by atoms with E-state index in [1.807, 2.05) is 30.1 Å². The van der Waals surface area contributed by atoms with E-state index in [-0.39, 0.29) is 5.02 Å². The number of hydrogen-bond donors (Lipinski definition) is 1. The summed E-state index contributed by atoms with van der Waals surface area (Å²) in [5.74, 6) is 0.428. The van der Waals surface area contributed by atoms with E-state index < -0.39 is 5.82 Å². The Kier molecular flexibility index (Phi) is 5.43. The number of fused-ring (bicyclic) bond motifs is 2. The third-order valence-corrected chi connectivity index (χ3v) is 5.65. The van der Waals surface area contributed by atoms with Crippen molar-refractivity contribution >= 4 is 33.9 Å². The van der Waals surface area contributed by atoms with Crippen molar-refractivity contribution in [3.05, 3.63) is 52.4 Å². The van der Waals surface area contributed by atoms with Crippen LogP contribution in [-0.4, -0.2) is 43.8 Å². The van der Waals surface area contributed by atoms with Crippen molar-refractivity contribution < 1.29 is 9.13 Å². The van der Waals surface area contributed by atoms with E-state index in [2.05, 4.69) is 14.9 Å². The Morgan fingerprint density at radius 1 is 1.28 bits per heavy atom. The van der Waals surface area contributed by atoms with Crippen molar-refractivity contribution in [2.75, 3.05) is 43.6 Å². The Hall–Kier alpha value is -2.64. The standard InChI is InChI=1S/C21H23ClFN5O/c1-27(11-9-24)20-14-8-10-28(12-16(14)25-21(26-20)29-2)17-5-3-4-13-6-7-15(23)19(22)18(13)17/h3-7H,8-12,24H2,1-2H3. The number of aromatic nitrogens is 2. The fourth-order valence-electron chi connectivity index (χ4n) is 3.86. The number of nitrogens with two attached hydrogens (primary N) is 1. The summed E-state index contributed by atoms with van der Waals surface area (Å²) in [6, 6.07) is 9.35. The number of halogens is 2. The first kappa shape index (κ1) is 19.7. The molecule has 0 radical (unpaired) electrons. The van der Waals surface area contributed by atoms with Crippen LogP contribution in [0.3, 0.4) is 0 Å². The molecule has 8 heteroatoms. The van der Waals surface area contributed by atoms with Crippen LogP contribution in [-0.2, 0) is 13.0 Å². The van der Waals surface area contributed by atoms with Gasteiger partial charge in [0.15, 0.2) is 0 Å². The Morgan fingerprint density at radius 2 is 2.10 bits per heavy atom. The summed E-state index contributed by atoms with van der Waals surface area (Å²) >= 11 is 6.33. The van der Waals surface area contributed by atoms with E-state index in [1.165, 1.54) is 6.07 Å². The van der Waals surface area contributed by atoms with Gasteiger partial charge in [-0.25, -0.2) is 4.39 Å². The molecule has 0 aliphatic carbocycles. The zero-order valence-electron chi connectivity index (χ0n) is 16.5. The third kappa shape index (κ3) is 3.56. The van der Waals surface area contributed by atoms with Gasteiger partial charge in [-0.15, -0.1) is 0 Å². The SMILES string of the molecule is COc1nc2c(c(N(C)CCN)n1)CCN(c1cccc3ccc(F)c(Cl)c13)C2. The minimum absolute atomic E-state index is 0.146. The molecule has 0 unspecified atom stereocenters. The average molecular weight is 416 g/mol. The van der Waals surface area contributed by atoms with Crippen LogP contribution in [0.4, 0.5) is 15.9 Å². The first-order valence-electron chi connectivity index (χ1n) is 9.50. The molecule has 0 saturated heterocycles. The number of hydrogen-bond acceptors (Lipinski definition) is 6. The van der Waals surface area contributed by atoms with Gasteiger partial charge in [0.05, 0.1) is 24.4 Å². The van der Waals surface area contributed by atoms with Crippen LogP contribution in [0, 0.1) is 5.82 Å². The molecule has 0 fully saturated rings. The van der Waals surface area contributed by atoms with Crippen molar-refractivity contribution in [2.24, 2.45) is 5.73 Å². The molecule has 0 bridgehead atoms. The minimum atomic E-state index is -0.418. The van der Waals surface area contributed by atoms with Crippen LogP contribution in [0.1, 0.15) is 11.3 Å². The zero-order chi connectivity index (χ0) is 20.5. The highest BCUT2D eigenvalue weighted by molar-refractivity contribution is 6.36. The van der Waals surface area contributed by atoms with Gasteiger partial charge in [0, 0.05) is 43.3 Å². The molecule has 0 amide bonds. The number of methoxy groups -OCH3 is 1. The van der Waals surface area contributed by atoms with Gasteiger partial charge in [0.2, 0.25) is 0 Å². The molecule has 152 valence electrons. The maximum absolute atomic E-state index is 14.1. The van der Waals surface area contributed by atoms with E-state index in [4.69, 9.17) is 22.1 Å². The monoisotopic (exact) mass is 415 g/mol. The van der Waals surface area contributed by atoms with Gasteiger partial charge in [0.25, 0.3) is 0 Å². The lowest BCUT2D eigenvalue weighted by molar-refractivity contribution is 0.376. The predicted molar refractivity (Wildman–Crippen MR) is 115 cm³/mol. The van der Waals surface area contributed by atoms with Crippen molar-refractivity contribution in [1.82, 2.24) is 9.97 Å². The maximum Gasteiger partial charge on any atom is 0.318 e. The maximum atomic E-state index is 14.1. The predicted octanol–water partition coefficient (Wildman–Crippen LogP) is 3.39. The summed E-state index contributed by atoms with van der Waals surface area (Å²) < 4.78 is 19.5. The number of ether oxygens (including phenoxy) is 1. The van der Waals surface area contributed by atoms with E-state index in [0.29, 0.717) is 25.6 Å². The van der Waals surface area contributed by atoms with Gasteiger partial charge in [0.1, 0.15) is 11.6 Å². The molecule has 0 atom stereocenters. The van der Waals surface area contributed by atoms with Gasteiger partial charge in [-0.05, 0) is 23.9 Å². The smallest absolute Gasteiger partial charge is 0.318 e. The number of nitrogens with zero attached hydrogens (tertiary/aromatic N) is 4. The molecule has 29 heavy (non-hydrogen) atoms. The third-order valence-electron chi connectivity index (χ3n) is 5.29. The summed E-state index contributed by atoms with van der Waals surface area (Å²) in [4.78, 5) is 13.3. The lowest BCUT2D eigenvalue weighted by atomic mass is 10.0. The Bertz CT molecular complexity index is 1060. The number of rotatable bonds is 5. The molecular formula is C21H23ClFN5O. The normalized spacial score (nSPS) is 13.5. The summed E-state index contributed by atoms with van der Waals surface area (Å²) in [6.07, 6.45) is 0.757. The fraction of sp³-hybridized carbons (Fsp3) is 0.333. The highest BCUT2D eigenvalue weighted by atomic mass is 35.5. The first-order valence-corrected chi connectivity index (χ1v) is 9.88. The minimum Gasteiger partial charge on any atom is -0.467 e. The molecule has 0 saturated carbocycles. The highest BCUT2D eigenvalue weighted by Gasteiger charge is 2.26. The summed E-state index contributed by atoms with van der Waals surface area (Å²) in [5.41, 5.74) is 8.61. The van der Waals surface area contributed by atoms with Gasteiger partial charge in [-0.2, -0.15) is 9.97 Å². The van der Waals surface area contributed by atoms with Crippen molar-refractivity contribution in [2.45, 2.75) is 13.0 Å². The largest absolute Gasteiger partial charge is 0.467 e. The topological polar surface area (TPSA) is 67.5 Å². The molecule has 2 aromatic carbocycles. The Morgan fingerprint density at radius 3 is 2.86 bits per heavy atom. The summed E-state index contributed by atoms with van der Waals surface area (Å²) in [5, 5.41) is 1.77. The summed E-state index contributed by atoms with van der Waals surface area (Å²) in [6.45, 7) is 2.53. The lowest BCUT2D eigenvalue weighted by Crippen LogP contribution is -2.34. The second-order valence-corrected chi connectivity index (χ2v) is 7.46. The molecule has 4 rings (SSSR count). The second-order valence-electron chi connectivity index (χ2n) is 7.08. The van der Waals surface area contributed by atoms with Gasteiger partial charge in [-0.3, -0.25) is 0 Å². The zero-order valence-corrected chi connectivity index (χ0v) is 17.2. The van der Waals surface area contributed by atoms with Gasteiger partial charge >= 0.3 is 6.01 Å². The van der Waals surface area contributed by atoms with Crippen LogP contribution >= 0.6 is 11.6 Å². The van der Waals surface area contributed by atoms with Crippen molar-refractivity contribution in [3.8, 4) is 6.01 Å². The van der Waals surface area contributed by atoms with Crippen LogP contribution in [0.15, 0.2) is 30.3 Å². The first-order chi connectivity index (χ1) is 14.0. The fourth-order valence-corrected chi connectivity index (χ4v) is 4.12. The number of likely N-dealkylation sites (N-methyl/N-ethyl adjacent to an activating group) is 1.